The number of fused-ring (bicyclic) bond motifs is 1. The monoisotopic (exact) mass is 335 g/mol. The van der Waals surface area contributed by atoms with Crippen molar-refractivity contribution in [1.29, 1.82) is 0 Å². The highest BCUT2D eigenvalue weighted by Gasteiger charge is 2.30. The van der Waals surface area contributed by atoms with Gasteiger partial charge in [-0.25, -0.2) is 9.97 Å². The SMILES string of the molecule is FC(F)OC1CN(Cc2cn3c(Nc4cc[nH]n4)nccc3n2)C1. The summed E-state index contributed by atoms with van der Waals surface area (Å²) in [6.07, 6.45) is 4.85. The Kier molecular flexibility index (Phi) is 3.82. The van der Waals surface area contributed by atoms with Crippen LogP contribution < -0.4 is 5.32 Å². The van der Waals surface area contributed by atoms with E-state index in [0.717, 1.165) is 11.3 Å². The van der Waals surface area contributed by atoms with Crippen LogP contribution in [-0.2, 0) is 11.3 Å². The number of nitrogens with one attached hydrogen (secondary N) is 2. The van der Waals surface area contributed by atoms with E-state index in [1.807, 2.05) is 15.5 Å². The summed E-state index contributed by atoms with van der Waals surface area (Å²) in [6.45, 7) is -1.18. The molecule has 2 N–H and O–H groups in total. The number of nitrogens with zero attached hydrogens (tertiary/aromatic N) is 5. The number of anilines is 2. The van der Waals surface area contributed by atoms with E-state index in [9.17, 15) is 8.78 Å². The molecule has 1 aliphatic rings. The first-order chi connectivity index (χ1) is 11.7. The molecule has 0 bridgehead atoms. The molecule has 0 unspecified atom stereocenters. The predicted octanol–water partition coefficient (Wildman–Crippen LogP) is 1.62. The zero-order valence-electron chi connectivity index (χ0n) is 12.6. The van der Waals surface area contributed by atoms with Crippen molar-refractivity contribution < 1.29 is 13.5 Å². The number of H-pyrrole nitrogens is 1. The Morgan fingerprint density at radius 2 is 2.25 bits per heavy atom. The van der Waals surface area contributed by atoms with Crippen molar-refractivity contribution in [3.05, 3.63) is 36.4 Å². The molecule has 4 rings (SSSR count). The molecular formula is C14H15F2N7O. The van der Waals surface area contributed by atoms with Gasteiger partial charge in [-0.05, 0) is 6.07 Å². The van der Waals surface area contributed by atoms with Gasteiger partial charge in [-0.2, -0.15) is 13.9 Å². The van der Waals surface area contributed by atoms with Crippen LogP contribution in [-0.4, -0.2) is 55.3 Å². The van der Waals surface area contributed by atoms with E-state index in [2.05, 4.69) is 30.2 Å². The summed E-state index contributed by atoms with van der Waals surface area (Å²) in [5.41, 5.74) is 1.59. The van der Waals surface area contributed by atoms with Crippen molar-refractivity contribution in [2.24, 2.45) is 0 Å². The molecule has 0 radical (unpaired) electrons. The van der Waals surface area contributed by atoms with E-state index in [1.165, 1.54) is 0 Å². The number of halogens is 2. The number of likely N-dealkylation sites (tertiary alicyclic amines) is 1. The molecule has 8 nitrogen and oxygen atoms in total. The minimum Gasteiger partial charge on any atom is -0.317 e. The second kappa shape index (κ2) is 6.13. The summed E-state index contributed by atoms with van der Waals surface area (Å²) >= 11 is 0. The van der Waals surface area contributed by atoms with Gasteiger partial charge in [0.1, 0.15) is 5.65 Å². The summed E-state index contributed by atoms with van der Waals surface area (Å²) in [6, 6.07) is 3.60. The fourth-order valence-electron chi connectivity index (χ4n) is 2.69. The number of rotatable bonds is 6. The van der Waals surface area contributed by atoms with Crippen molar-refractivity contribution in [3.63, 3.8) is 0 Å². The first-order valence-electron chi connectivity index (χ1n) is 7.43. The van der Waals surface area contributed by atoms with Gasteiger partial charge in [-0.1, -0.05) is 0 Å². The van der Waals surface area contributed by atoms with Crippen molar-refractivity contribution in [2.75, 3.05) is 18.4 Å². The Labute approximate surface area is 135 Å². The second-order valence-electron chi connectivity index (χ2n) is 5.53. The van der Waals surface area contributed by atoms with E-state index < -0.39 is 12.7 Å². The molecule has 3 aromatic heterocycles. The largest absolute Gasteiger partial charge is 0.345 e. The van der Waals surface area contributed by atoms with Gasteiger partial charge in [-0.3, -0.25) is 14.4 Å². The van der Waals surface area contributed by atoms with Gasteiger partial charge in [0.15, 0.2) is 5.82 Å². The summed E-state index contributed by atoms with van der Waals surface area (Å²) in [7, 11) is 0. The molecule has 0 saturated carbocycles. The molecule has 10 heteroatoms. The Morgan fingerprint density at radius 3 is 3.00 bits per heavy atom. The molecule has 0 amide bonds. The number of ether oxygens (including phenoxy) is 1. The molecule has 0 aromatic carbocycles. The molecule has 0 aliphatic carbocycles. The summed E-state index contributed by atoms with van der Waals surface area (Å²) in [5, 5.41) is 9.86. The fraction of sp³-hybridized carbons (Fsp3) is 0.357. The number of alkyl halides is 2. The molecule has 0 spiro atoms. The molecule has 1 saturated heterocycles. The van der Waals surface area contributed by atoms with Gasteiger partial charge >= 0.3 is 6.61 Å². The van der Waals surface area contributed by atoms with E-state index >= 15 is 0 Å². The van der Waals surface area contributed by atoms with E-state index in [4.69, 9.17) is 0 Å². The standard InChI is InChI=1S/C14H15F2N7O/c15-13(16)24-10-7-22(8-10)5-9-6-23-12(19-9)2-3-17-14(23)20-11-1-4-18-21-11/h1-4,6,10,13H,5,7-8H2,(H2,17,18,20,21). The number of hydrogen-bond acceptors (Lipinski definition) is 6. The van der Waals surface area contributed by atoms with Gasteiger partial charge in [0, 0.05) is 44.3 Å². The highest BCUT2D eigenvalue weighted by Crippen LogP contribution is 2.19. The van der Waals surface area contributed by atoms with Crippen LogP contribution in [0.4, 0.5) is 20.5 Å². The van der Waals surface area contributed by atoms with Crippen LogP contribution in [0.3, 0.4) is 0 Å². The fourth-order valence-corrected chi connectivity index (χ4v) is 2.69. The van der Waals surface area contributed by atoms with Crippen molar-refractivity contribution in [2.45, 2.75) is 19.3 Å². The molecule has 1 aliphatic heterocycles. The molecule has 0 atom stereocenters. The number of hydrogen-bond donors (Lipinski definition) is 2. The summed E-state index contributed by atoms with van der Waals surface area (Å²) < 4.78 is 30.5. The van der Waals surface area contributed by atoms with Gasteiger partial charge in [-0.15, -0.1) is 0 Å². The molecule has 3 aromatic rings. The molecule has 24 heavy (non-hydrogen) atoms. The van der Waals surface area contributed by atoms with Crippen LogP contribution in [0.1, 0.15) is 5.69 Å². The van der Waals surface area contributed by atoms with E-state index in [0.29, 0.717) is 31.4 Å². The number of aromatic nitrogens is 5. The van der Waals surface area contributed by atoms with Gasteiger partial charge in [0.25, 0.3) is 0 Å². The second-order valence-corrected chi connectivity index (χ2v) is 5.53. The first kappa shape index (κ1) is 15.0. The summed E-state index contributed by atoms with van der Waals surface area (Å²) in [5.74, 6) is 1.25. The lowest BCUT2D eigenvalue weighted by atomic mass is 10.1. The van der Waals surface area contributed by atoms with Crippen LogP contribution in [0, 0.1) is 0 Å². The lowest BCUT2D eigenvalue weighted by molar-refractivity contribution is -0.197. The van der Waals surface area contributed by atoms with Crippen LogP contribution in [0.2, 0.25) is 0 Å². The smallest absolute Gasteiger partial charge is 0.317 e. The van der Waals surface area contributed by atoms with Crippen molar-refractivity contribution >= 4 is 17.4 Å². The van der Waals surface area contributed by atoms with Crippen LogP contribution >= 0.6 is 0 Å². The highest BCUT2D eigenvalue weighted by atomic mass is 19.3. The van der Waals surface area contributed by atoms with E-state index in [1.54, 1.807) is 24.5 Å². The van der Waals surface area contributed by atoms with Gasteiger partial charge in [0.2, 0.25) is 5.95 Å². The van der Waals surface area contributed by atoms with Crippen LogP contribution in [0.25, 0.3) is 5.65 Å². The maximum absolute atomic E-state index is 12.1. The summed E-state index contributed by atoms with van der Waals surface area (Å²) in [4.78, 5) is 10.8. The normalized spacial score (nSPS) is 16.0. The maximum Gasteiger partial charge on any atom is 0.345 e. The van der Waals surface area contributed by atoms with Gasteiger partial charge < -0.3 is 10.1 Å². The number of aromatic amines is 1. The van der Waals surface area contributed by atoms with Crippen molar-refractivity contribution in [3.8, 4) is 0 Å². The first-order valence-corrected chi connectivity index (χ1v) is 7.43. The molecular weight excluding hydrogens is 320 g/mol. The molecule has 4 heterocycles. The Morgan fingerprint density at radius 1 is 1.38 bits per heavy atom. The third-order valence-corrected chi connectivity index (χ3v) is 3.78. The van der Waals surface area contributed by atoms with Crippen molar-refractivity contribution in [1.82, 2.24) is 29.5 Å². The Bertz CT molecular complexity index is 814. The minimum absolute atomic E-state index is 0.402. The third kappa shape index (κ3) is 3.05. The Balaban J connectivity index is 1.46. The lowest BCUT2D eigenvalue weighted by Gasteiger charge is -2.37. The van der Waals surface area contributed by atoms with E-state index in [-0.39, 0.29) is 0 Å². The molecule has 1 fully saturated rings. The zero-order valence-corrected chi connectivity index (χ0v) is 12.6. The van der Waals surface area contributed by atoms with Crippen LogP contribution in [0.15, 0.2) is 30.7 Å². The quantitative estimate of drug-likeness (QED) is 0.712. The minimum atomic E-state index is -2.71. The Hall–Kier alpha value is -2.59. The van der Waals surface area contributed by atoms with Crippen LogP contribution in [0.5, 0.6) is 0 Å². The average Bonchev–Trinajstić information content (AvgIpc) is 3.14. The third-order valence-electron chi connectivity index (χ3n) is 3.78. The lowest BCUT2D eigenvalue weighted by Crippen LogP contribution is -2.52. The average molecular weight is 335 g/mol. The predicted molar refractivity (Wildman–Crippen MR) is 81.0 cm³/mol. The van der Waals surface area contributed by atoms with Gasteiger partial charge in [0.05, 0.1) is 11.8 Å². The zero-order chi connectivity index (χ0) is 16.5. The maximum atomic E-state index is 12.1. The highest BCUT2D eigenvalue weighted by molar-refractivity contribution is 5.53. The number of imidazole rings is 1. The molecule has 126 valence electrons. The topological polar surface area (TPSA) is 83.4 Å².